The van der Waals surface area contributed by atoms with Crippen molar-refractivity contribution in [2.75, 3.05) is 6.54 Å². The van der Waals surface area contributed by atoms with Crippen molar-refractivity contribution in [1.29, 1.82) is 0 Å². The van der Waals surface area contributed by atoms with Gasteiger partial charge in [0.15, 0.2) is 0 Å². The van der Waals surface area contributed by atoms with Gasteiger partial charge in [0.1, 0.15) is 0 Å². The maximum Gasteiger partial charge on any atom is 0.217 e. The van der Waals surface area contributed by atoms with E-state index in [0.29, 0.717) is 17.8 Å². The van der Waals surface area contributed by atoms with Crippen molar-refractivity contribution in [2.24, 2.45) is 5.73 Å². The van der Waals surface area contributed by atoms with Gasteiger partial charge in [0, 0.05) is 13.0 Å². The largest absolute Gasteiger partial charge is 0.327 e. The van der Waals surface area contributed by atoms with Gasteiger partial charge in [-0.05, 0) is 11.6 Å². The van der Waals surface area contributed by atoms with Crippen LogP contribution in [0.3, 0.4) is 0 Å². The van der Waals surface area contributed by atoms with Crippen LogP contribution in [0.15, 0.2) is 23.8 Å². The maximum atomic E-state index is 10.4. The molecule has 0 unspecified atom stereocenters. The van der Waals surface area contributed by atoms with Crippen LogP contribution in [-0.2, 0) is 10.3 Å². The highest BCUT2D eigenvalue weighted by atomic mass is 32.2. The Bertz CT molecular complexity index is 327. The molecule has 1 aliphatic carbocycles. The molecule has 0 fully saturated rings. The molecule has 1 rings (SSSR count). The molecular weight excluding hydrogens is 162 g/mol. The molecule has 4 heteroatoms. The third-order valence-electron chi connectivity index (χ3n) is 1.50. The van der Waals surface area contributed by atoms with Crippen molar-refractivity contribution >= 4 is 15.2 Å². The SMILES string of the molecule is NCC1=CCC(=S(=O)=O)C=C1. The normalized spacial score (nSPS) is 16.5. The van der Waals surface area contributed by atoms with E-state index in [0.717, 1.165) is 5.57 Å². The summed E-state index contributed by atoms with van der Waals surface area (Å²) in [7, 11) is -2.07. The third-order valence-corrected chi connectivity index (χ3v) is 2.23. The lowest BCUT2D eigenvalue weighted by Gasteiger charge is -2.02. The van der Waals surface area contributed by atoms with E-state index in [9.17, 15) is 8.42 Å². The summed E-state index contributed by atoms with van der Waals surface area (Å²) in [5.74, 6) is 0. The second-order valence-electron chi connectivity index (χ2n) is 2.22. The van der Waals surface area contributed by atoms with Crippen LogP contribution in [0.1, 0.15) is 6.42 Å². The van der Waals surface area contributed by atoms with Gasteiger partial charge in [0.2, 0.25) is 10.3 Å². The molecule has 1 aliphatic rings. The van der Waals surface area contributed by atoms with E-state index in [4.69, 9.17) is 5.73 Å². The van der Waals surface area contributed by atoms with E-state index in [1.54, 1.807) is 12.2 Å². The summed E-state index contributed by atoms with van der Waals surface area (Å²) >= 11 is 0. The van der Waals surface area contributed by atoms with Crippen LogP contribution in [0, 0.1) is 0 Å². The van der Waals surface area contributed by atoms with Gasteiger partial charge in [0.25, 0.3) is 0 Å². The molecule has 0 heterocycles. The highest BCUT2D eigenvalue weighted by molar-refractivity contribution is 7.73. The standard InChI is InChI=1S/C7H9NO2S/c8-5-6-1-3-7(4-2-6)11(9)10/h1-3H,4-5,8H2. The molecule has 0 bridgehead atoms. The highest BCUT2D eigenvalue weighted by Gasteiger charge is 2.01. The van der Waals surface area contributed by atoms with Crippen molar-refractivity contribution < 1.29 is 8.42 Å². The molecule has 2 N–H and O–H groups in total. The van der Waals surface area contributed by atoms with Crippen LogP contribution >= 0.6 is 0 Å². The van der Waals surface area contributed by atoms with Crippen LogP contribution in [0.2, 0.25) is 0 Å². The lowest BCUT2D eigenvalue weighted by atomic mass is 10.1. The Hall–Kier alpha value is -0.870. The fourth-order valence-electron chi connectivity index (χ4n) is 0.843. The zero-order valence-electron chi connectivity index (χ0n) is 5.95. The Morgan fingerprint density at radius 1 is 1.45 bits per heavy atom. The molecule has 0 radical (unpaired) electrons. The van der Waals surface area contributed by atoms with E-state index < -0.39 is 10.3 Å². The minimum Gasteiger partial charge on any atom is -0.327 e. The molecule has 0 aromatic heterocycles. The van der Waals surface area contributed by atoms with Gasteiger partial charge in [-0.15, -0.1) is 0 Å². The first-order valence-electron chi connectivity index (χ1n) is 3.26. The Balaban J connectivity index is 2.89. The zero-order valence-corrected chi connectivity index (χ0v) is 6.76. The van der Waals surface area contributed by atoms with E-state index in [1.807, 2.05) is 6.08 Å². The first-order chi connectivity index (χ1) is 5.24. The zero-order chi connectivity index (χ0) is 8.27. The first-order valence-corrected chi connectivity index (χ1v) is 4.34. The molecule has 60 valence electrons. The summed E-state index contributed by atoms with van der Waals surface area (Å²) in [4.78, 5) is 0.419. The summed E-state index contributed by atoms with van der Waals surface area (Å²) in [5, 5.41) is 0. The molecular formula is C7H9NO2S. The summed E-state index contributed by atoms with van der Waals surface area (Å²) in [5.41, 5.74) is 6.33. The van der Waals surface area contributed by atoms with Crippen LogP contribution < -0.4 is 5.73 Å². The van der Waals surface area contributed by atoms with Crippen LogP contribution in [-0.4, -0.2) is 19.8 Å². The van der Waals surface area contributed by atoms with E-state index in [-0.39, 0.29) is 0 Å². The van der Waals surface area contributed by atoms with Gasteiger partial charge in [-0.3, -0.25) is 0 Å². The molecule has 0 spiro atoms. The minimum absolute atomic E-state index is 0.419. The van der Waals surface area contributed by atoms with Crippen molar-refractivity contribution in [3.63, 3.8) is 0 Å². The molecule has 0 atom stereocenters. The summed E-state index contributed by atoms with van der Waals surface area (Å²) in [6, 6.07) is 0. The molecule has 0 aliphatic heterocycles. The van der Waals surface area contributed by atoms with Crippen molar-refractivity contribution in [3.8, 4) is 0 Å². The van der Waals surface area contributed by atoms with Crippen molar-refractivity contribution in [1.82, 2.24) is 0 Å². The third kappa shape index (κ3) is 2.03. The average Bonchev–Trinajstić information content (AvgIpc) is 2.05. The van der Waals surface area contributed by atoms with Gasteiger partial charge in [0.05, 0.1) is 4.86 Å². The number of hydrogen-bond acceptors (Lipinski definition) is 3. The first kappa shape index (κ1) is 8.23. The second kappa shape index (κ2) is 3.50. The lowest BCUT2D eigenvalue weighted by Crippen LogP contribution is -2.06. The molecule has 0 saturated heterocycles. The Labute approximate surface area is 66.7 Å². The number of nitrogens with two attached hydrogens (primary N) is 1. The fraction of sp³-hybridized carbons (Fsp3) is 0.286. The maximum absolute atomic E-state index is 10.4. The second-order valence-corrected chi connectivity index (χ2v) is 3.22. The predicted molar refractivity (Wildman–Crippen MR) is 44.8 cm³/mol. The summed E-state index contributed by atoms with van der Waals surface area (Å²) < 4.78 is 20.8. The van der Waals surface area contributed by atoms with E-state index in [1.165, 1.54) is 0 Å². The van der Waals surface area contributed by atoms with Gasteiger partial charge >= 0.3 is 0 Å². The molecule has 0 aromatic carbocycles. The van der Waals surface area contributed by atoms with Gasteiger partial charge in [-0.1, -0.05) is 12.2 Å². The molecule has 0 amide bonds. The van der Waals surface area contributed by atoms with Gasteiger partial charge in [-0.25, -0.2) is 0 Å². The highest BCUT2D eigenvalue weighted by Crippen LogP contribution is 2.05. The smallest absolute Gasteiger partial charge is 0.217 e. The van der Waals surface area contributed by atoms with Crippen molar-refractivity contribution in [3.05, 3.63) is 23.8 Å². The number of hydrogen-bond donors (Lipinski definition) is 1. The van der Waals surface area contributed by atoms with Crippen LogP contribution in [0.4, 0.5) is 0 Å². The average molecular weight is 171 g/mol. The molecule has 0 aromatic rings. The summed E-state index contributed by atoms with van der Waals surface area (Å²) in [6.45, 7) is 0.468. The van der Waals surface area contributed by atoms with E-state index >= 15 is 0 Å². The van der Waals surface area contributed by atoms with Gasteiger partial charge < -0.3 is 5.73 Å². The monoisotopic (exact) mass is 171 g/mol. The van der Waals surface area contributed by atoms with Crippen LogP contribution in [0.25, 0.3) is 0 Å². The Morgan fingerprint density at radius 2 is 2.18 bits per heavy atom. The minimum atomic E-state index is -2.07. The topological polar surface area (TPSA) is 60.2 Å². The lowest BCUT2D eigenvalue weighted by molar-refractivity contribution is 0.627. The Morgan fingerprint density at radius 3 is 2.55 bits per heavy atom. The quantitative estimate of drug-likeness (QED) is 0.560. The molecule has 3 nitrogen and oxygen atoms in total. The van der Waals surface area contributed by atoms with Gasteiger partial charge in [-0.2, -0.15) is 8.42 Å². The number of allylic oxidation sites excluding steroid dienone is 2. The number of rotatable bonds is 1. The van der Waals surface area contributed by atoms with Crippen LogP contribution in [0.5, 0.6) is 0 Å². The predicted octanol–water partition coefficient (Wildman–Crippen LogP) is -0.117. The fourth-order valence-corrected chi connectivity index (χ4v) is 1.24. The molecule has 0 saturated carbocycles. The summed E-state index contributed by atoms with van der Waals surface area (Å²) in [6.07, 6.45) is 5.62. The molecule has 11 heavy (non-hydrogen) atoms. The Kier molecular flexibility index (Phi) is 2.62. The van der Waals surface area contributed by atoms with E-state index in [2.05, 4.69) is 0 Å². The van der Waals surface area contributed by atoms with Crippen molar-refractivity contribution in [2.45, 2.75) is 6.42 Å².